The zero-order chi connectivity index (χ0) is 11.2. The van der Waals surface area contributed by atoms with E-state index < -0.39 is 0 Å². The topological polar surface area (TPSA) is 3.24 Å². The van der Waals surface area contributed by atoms with Crippen molar-refractivity contribution in [2.45, 2.75) is 25.2 Å². The van der Waals surface area contributed by atoms with Gasteiger partial charge in [-0.3, -0.25) is 0 Å². The SMILES string of the molecule is c1ccc2c3c(sc2c1)C1CCCN(CC3)C1. The van der Waals surface area contributed by atoms with Gasteiger partial charge in [0.15, 0.2) is 0 Å². The summed E-state index contributed by atoms with van der Waals surface area (Å²) < 4.78 is 1.50. The van der Waals surface area contributed by atoms with Crippen LogP contribution in [0.25, 0.3) is 10.1 Å². The van der Waals surface area contributed by atoms with Gasteiger partial charge in [0, 0.05) is 28.6 Å². The number of hydrogen-bond acceptors (Lipinski definition) is 2. The third-order valence-electron chi connectivity index (χ3n) is 4.28. The molecular weight excluding hydrogens is 226 g/mol. The zero-order valence-electron chi connectivity index (χ0n) is 9.98. The van der Waals surface area contributed by atoms with E-state index in [0.717, 1.165) is 5.92 Å². The summed E-state index contributed by atoms with van der Waals surface area (Å²) >= 11 is 2.05. The molecule has 2 aliphatic heterocycles. The van der Waals surface area contributed by atoms with Crippen LogP contribution in [0, 0.1) is 0 Å². The molecule has 3 heterocycles. The number of fused-ring (bicyclic) bond motifs is 6. The fraction of sp³-hybridized carbons (Fsp3) is 0.467. The van der Waals surface area contributed by atoms with Crippen LogP contribution in [-0.2, 0) is 6.42 Å². The first-order valence-electron chi connectivity index (χ1n) is 6.64. The second-order valence-electron chi connectivity index (χ2n) is 5.33. The van der Waals surface area contributed by atoms with Crippen LogP contribution < -0.4 is 0 Å². The molecule has 2 heteroatoms. The van der Waals surface area contributed by atoms with Crippen molar-refractivity contribution in [2.24, 2.45) is 0 Å². The Morgan fingerprint density at radius 2 is 2.12 bits per heavy atom. The van der Waals surface area contributed by atoms with Crippen LogP contribution in [0.2, 0.25) is 0 Å². The molecule has 1 aromatic carbocycles. The van der Waals surface area contributed by atoms with Crippen LogP contribution in [0.5, 0.6) is 0 Å². The molecule has 1 saturated heterocycles. The van der Waals surface area contributed by atoms with E-state index in [-0.39, 0.29) is 0 Å². The van der Waals surface area contributed by atoms with Crippen molar-refractivity contribution in [3.8, 4) is 0 Å². The molecule has 0 amide bonds. The number of nitrogens with zero attached hydrogens (tertiary/aromatic N) is 1. The molecule has 0 saturated carbocycles. The van der Waals surface area contributed by atoms with Crippen LogP contribution in [0.15, 0.2) is 24.3 Å². The summed E-state index contributed by atoms with van der Waals surface area (Å²) in [4.78, 5) is 4.36. The molecule has 4 rings (SSSR count). The van der Waals surface area contributed by atoms with E-state index in [9.17, 15) is 0 Å². The Balaban J connectivity index is 1.91. The zero-order valence-corrected chi connectivity index (χ0v) is 10.8. The van der Waals surface area contributed by atoms with Gasteiger partial charge < -0.3 is 4.90 Å². The predicted molar refractivity (Wildman–Crippen MR) is 73.9 cm³/mol. The number of benzene rings is 1. The van der Waals surface area contributed by atoms with E-state index in [0.29, 0.717) is 0 Å². The Morgan fingerprint density at radius 1 is 1.18 bits per heavy atom. The molecule has 2 unspecified atom stereocenters. The van der Waals surface area contributed by atoms with Crippen LogP contribution in [-0.4, -0.2) is 24.5 Å². The molecule has 0 radical (unpaired) electrons. The third kappa shape index (κ3) is 1.54. The second-order valence-corrected chi connectivity index (χ2v) is 6.41. The highest BCUT2D eigenvalue weighted by Gasteiger charge is 2.28. The summed E-state index contributed by atoms with van der Waals surface area (Å²) in [6, 6.07) is 8.96. The maximum Gasteiger partial charge on any atom is 0.0348 e. The highest BCUT2D eigenvalue weighted by Crippen LogP contribution is 2.41. The first-order valence-corrected chi connectivity index (χ1v) is 7.46. The fourth-order valence-corrected chi connectivity index (χ4v) is 4.83. The van der Waals surface area contributed by atoms with Crippen molar-refractivity contribution >= 4 is 21.4 Å². The Kier molecular flexibility index (Phi) is 2.27. The van der Waals surface area contributed by atoms with Gasteiger partial charge in [0.1, 0.15) is 0 Å². The molecular formula is C15H17NS. The quantitative estimate of drug-likeness (QED) is 0.683. The van der Waals surface area contributed by atoms with Gasteiger partial charge in [-0.25, -0.2) is 0 Å². The fourth-order valence-electron chi connectivity index (χ4n) is 3.45. The van der Waals surface area contributed by atoms with E-state index in [4.69, 9.17) is 0 Å². The van der Waals surface area contributed by atoms with Crippen molar-refractivity contribution < 1.29 is 0 Å². The Hall–Kier alpha value is -0.860. The molecule has 1 aromatic heterocycles. The summed E-state index contributed by atoms with van der Waals surface area (Å²) in [6.45, 7) is 3.90. The molecule has 17 heavy (non-hydrogen) atoms. The summed E-state index contributed by atoms with van der Waals surface area (Å²) in [5.41, 5.74) is 1.67. The number of hydrogen-bond donors (Lipinski definition) is 0. The van der Waals surface area contributed by atoms with Crippen LogP contribution in [0.1, 0.15) is 29.2 Å². The van der Waals surface area contributed by atoms with Crippen molar-refractivity contribution in [1.82, 2.24) is 4.90 Å². The second kappa shape index (κ2) is 3.82. The standard InChI is InChI=1S/C15H17NS/c1-2-6-14-12(5-1)13-7-9-16-8-3-4-11(10-16)15(13)17-14/h1-2,5-6,11H,3-4,7-10H2. The molecule has 1 fully saturated rings. The highest BCUT2D eigenvalue weighted by molar-refractivity contribution is 7.19. The average molecular weight is 243 g/mol. The summed E-state index contributed by atoms with van der Waals surface area (Å²) in [5, 5.41) is 1.53. The van der Waals surface area contributed by atoms with Gasteiger partial charge in [0.05, 0.1) is 0 Å². The minimum absolute atomic E-state index is 0.818. The molecule has 1 nitrogen and oxygen atoms in total. The van der Waals surface area contributed by atoms with Gasteiger partial charge in [0.25, 0.3) is 0 Å². The summed E-state index contributed by atoms with van der Waals surface area (Å²) in [6.07, 6.45) is 4.05. The lowest BCUT2D eigenvalue weighted by Crippen LogP contribution is -2.33. The van der Waals surface area contributed by atoms with Gasteiger partial charge in [-0.15, -0.1) is 11.3 Å². The first-order chi connectivity index (χ1) is 8.42. The summed E-state index contributed by atoms with van der Waals surface area (Å²) in [7, 11) is 0. The van der Waals surface area contributed by atoms with Gasteiger partial charge in [-0.2, -0.15) is 0 Å². The molecule has 88 valence electrons. The van der Waals surface area contributed by atoms with Crippen molar-refractivity contribution in [2.75, 3.05) is 19.6 Å². The van der Waals surface area contributed by atoms with E-state index in [1.807, 2.05) is 0 Å². The van der Waals surface area contributed by atoms with Gasteiger partial charge in [0.2, 0.25) is 0 Å². The molecule has 0 spiro atoms. The lowest BCUT2D eigenvalue weighted by Gasteiger charge is -2.29. The Bertz CT molecular complexity index is 557. The molecule has 2 aliphatic rings. The minimum Gasteiger partial charge on any atom is -0.302 e. The Labute approximate surface area is 106 Å². The average Bonchev–Trinajstić information content (AvgIpc) is 2.70. The third-order valence-corrected chi connectivity index (χ3v) is 5.66. The van der Waals surface area contributed by atoms with Gasteiger partial charge in [-0.1, -0.05) is 18.2 Å². The highest BCUT2D eigenvalue weighted by atomic mass is 32.1. The molecule has 0 N–H and O–H groups in total. The monoisotopic (exact) mass is 243 g/mol. The van der Waals surface area contributed by atoms with Crippen molar-refractivity contribution in [1.29, 1.82) is 0 Å². The number of piperidine rings is 1. The summed E-state index contributed by atoms with van der Waals surface area (Å²) in [5.74, 6) is 0.818. The van der Waals surface area contributed by atoms with Gasteiger partial charge in [-0.05, 0) is 42.8 Å². The van der Waals surface area contributed by atoms with E-state index in [1.165, 1.54) is 49.0 Å². The minimum atomic E-state index is 0.818. The van der Waals surface area contributed by atoms with E-state index in [2.05, 4.69) is 40.5 Å². The predicted octanol–water partition coefficient (Wildman–Crippen LogP) is 3.64. The maximum absolute atomic E-state index is 2.66. The largest absolute Gasteiger partial charge is 0.302 e. The lowest BCUT2D eigenvalue weighted by molar-refractivity contribution is 0.220. The van der Waals surface area contributed by atoms with Gasteiger partial charge >= 0.3 is 0 Å². The molecule has 0 aliphatic carbocycles. The normalized spacial score (nSPS) is 27.8. The van der Waals surface area contributed by atoms with Crippen LogP contribution in [0.4, 0.5) is 0 Å². The number of rotatable bonds is 0. The lowest BCUT2D eigenvalue weighted by atomic mass is 9.95. The first kappa shape index (κ1) is 10.1. The molecule has 2 aromatic rings. The smallest absolute Gasteiger partial charge is 0.0348 e. The van der Waals surface area contributed by atoms with Crippen molar-refractivity contribution in [3.05, 3.63) is 34.7 Å². The van der Waals surface area contributed by atoms with E-state index >= 15 is 0 Å². The Morgan fingerprint density at radius 3 is 3.12 bits per heavy atom. The molecule has 2 atom stereocenters. The van der Waals surface area contributed by atoms with E-state index in [1.54, 1.807) is 10.4 Å². The molecule has 2 bridgehead atoms. The van der Waals surface area contributed by atoms with Crippen LogP contribution in [0.3, 0.4) is 0 Å². The van der Waals surface area contributed by atoms with Crippen LogP contribution >= 0.6 is 11.3 Å². The van der Waals surface area contributed by atoms with Crippen molar-refractivity contribution in [3.63, 3.8) is 0 Å². The number of thiophene rings is 1. The maximum atomic E-state index is 2.66.